The second kappa shape index (κ2) is 6.23. The van der Waals surface area contributed by atoms with E-state index in [0.29, 0.717) is 10.6 Å². The van der Waals surface area contributed by atoms with Crippen LogP contribution in [0.1, 0.15) is 39.8 Å². The molecule has 0 radical (unpaired) electrons. The second-order valence-electron chi connectivity index (χ2n) is 5.61. The number of rotatable bonds is 4. The Balaban J connectivity index is 1.97. The Labute approximate surface area is 139 Å². The van der Waals surface area contributed by atoms with Crippen LogP contribution >= 0.6 is 11.3 Å². The van der Waals surface area contributed by atoms with Crippen LogP contribution in [0.25, 0.3) is 0 Å². The Morgan fingerprint density at radius 3 is 2.87 bits per heavy atom. The molecule has 2 aromatic rings. The van der Waals surface area contributed by atoms with Gasteiger partial charge in [-0.1, -0.05) is 0 Å². The van der Waals surface area contributed by atoms with Crippen LogP contribution < -0.4 is 9.47 Å². The van der Waals surface area contributed by atoms with Crippen LogP contribution in [0, 0.1) is 6.92 Å². The topological polar surface area (TPSA) is 56.6 Å². The van der Waals surface area contributed by atoms with Crippen LogP contribution in [-0.4, -0.2) is 41.4 Å². The lowest BCUT2D eigenvalue weighted by Gasteiger charge is -2.25. The number of aryl methyl sites for hydroxylation is 2. The molecular weight excluding hydrogens is 314 g/mol. The number of aromatic nitrogens is 2. The summed E-state index contributed by atoms with van der Waals surface area (Å²) in [5, 5.41) is 6.33. The third-order valence-electron chi connectivity index (χ3n) is 4.30. The summed E-state index contributed by atoms with van der Waals surface area (Å²) < 4.78 is 12.5. The number of methoxy groups -OCH3 is 2. The lowest BCUT2D eigenvalue weighted by atomic mass is 10.0. The summed E-state index contributed by atoms with van der Waals surface area (Å²) in [6.07, 6.45) is 1.89. The standard InChI is InChI=1S/C16H21N3O3S/c1-10-13(16(22-4)18(2)17-10)11-6-5-8-19(11)15(20)14-12(21-3)7-9-23-14/h7,9,11H,5-6,8H2,1-4H3/t11-/m0/s1. The molecule has 0 saturated carbocycles. The van der Waals surface area contributed by atoms with Gasteiger partial charge < -0.3 is 14.4 Å². The molecule has 1 atom stereocenters. The zero-order valence-electron chi connectivity index (χ0n) is 13.8. The van der Waals surface area contributed by atoms with Gasteiger partial charge in [-0.25, -0.2) is 4.68 Å². The molecule has 0 aromatic carbocycles. The predicted molar refractivity (Wildman–Crippen MR) is 88.4 cm³/mol. The monoisotopic (exact) mass is 335 g/mol. The fraction of sp³-hybridized carbons (Fsp3) is 0.500. The van der Waals surface area contributed by atoms with Crippen molar-refractivity contribution >= 4 is 17.2 Å². The fourth-order valence-electron chi connectivity index (χ4n) is 3.33. The van der Waals surface area contributed by atoms with E-state index in [0.717, 1.165) is 36.5 Å². The van der Waals surface area contributed by atoms with Gasteiger partial charge in [0.15, 0.2) is 0 Å². The minimum atomic E-state index is -0.00189. The summed E-state index contributed by atoms with van der Waals surface area (Å²) in [7, 11) is 5.09. The number of amides is 1. The smallest absolute Gasteiger partial charge is 0.268 e. The second-order valence-corrected chi connectivity index (χ2v) is 6.52. The molecule has 23 heavy (non-hydrogen) atoms. The van der Waals surface area contributed by atoms with Crippen LogP contribution in [0.5, 0.6) is 11.6 Å². The number of ether oxygens (including phenoxy) is 2. The van der Waals surface area contributed by atoms with Gasteiger partial charge in [-0.05, 0) is 31.2 Å². The summed E-state index contributed by atoms with van der Waals surface area (Å²) in [6, 6.07) is 1.83. The van der Waals surface area contributed by atoms with E-state index in [1.54, 1.807) is 18.9 Å². The average molecular weight is 335 g/mol. The van der Waals surface area contributed by atoms with Gasteiger partial charge >= 0.3 is 0 Å². The molecule has 0 N–H and O–H groups in total. The first-order valence-corrected chi connectivity index (χ1v) is 8.46. The molecule has 0 aliphatic carbocycles. The van der Waals surface area contributed by atoms with E-state index in [9.17, 15) is 4.79 Å². The quantitative estimate of drug-likeness (QED) is 0.862. The number of hydrogen-bond acceptors (Lipinski definition) is 5. The molecule has 1 amide bonds. The van der Waals surface area contributed by atoms with Crippen molar-refractivity contribution in [3.8, 4) is 11.6 Å². The Bertz CT molecular complexity index is 722. The van der Waals surface area contributed by atoms with E-state index in [1.807, 2.05) is 30.3 Å². The van der Waals surface area contributed by atoms with Gasteiger partial charge in [-0.3, -0.25) is 4.79 Å². The third kappa shape index (κ3) is 2.59. The minimum Gasteiger partial charge on any atom is -0.495 e. The zero-order valence-corrected chi connectivity index (χ0v) is 14.6. The Kier molecular flexibility index (Phi) is 4.30. The van der Waals surface area contributed by atoms with E-state index in [4.69, 9.17) is 9.47 Å². The Morgan fingerprint density at radius 1 is 1.39 bits per heavy atom. The highest BCUT2D eigenvalue weighted by molar-refractivity contribution is 7.12. The Hall–Kier alpha value is -2.02. The molecule has 1 aliphatic rings. The zero-order chi connectivity index (χ0) is 16.6. The summed E-state index contributed by atoms with van der Waals surface area (Å²) in [5.74, 6) is 1.38. The van der Waals surface area contributed by atoms with Gasteiger partial charge in [0.2, 0.25) is 5.88 Å². The molecule has 0 spiro atoms. The fourth-order valence-corrected chi connectivity index (χ4v) is 4.15. The largest absolute Gasteiger partial charge is 0.495 e. The van der Waals surface area contributed by atoms with Gasteiger partial charge in [0, 0.05) is 13.6 Å². The maximum absolute atomic E-state index is 13.0. The molecule has 2 aromatic heterocycles. The number of hydrogen-bond donors (Lipinski definition) is 0. The molecule has 1 fully saturated rings. The molecule has 1 saturated heterocycles. The average Bonchev–Trinajstić information content (AvgIpc) is 3.23. The van der Waals surface area contributed by atoms with Gasteiger partial charge in [0.05, 0.1) is 31.5 Å². The van der Waals surface area contributed by atoms with E-state index in [1.165, 1.54) is 11.3 Å². The lowest BCUT2D eigenvalue weighted by molar-refractivity contribution is 0.0735. The normalized spacial score (nSPS) is 17.6. The first-order chi connectivity index (χ1) is 11.1. The number of carbonyl (C=O) groups is 1. The van der Waals surface area contributed by atoms with E-state index in [2.05, 4.69) is 5.10 Å². The van der Waals surface area contributed by atoms with E-state index >= 15 is 0 Å². The SMILES string of the molecule is COc1ccsc1C(=O)N1CCC[C@H]1c1c(C)nn(C)c1OC. The third-order valence-corrected chi connectivity index (χ3v) is 5.18. The van der Waals surface area contributed by atoms with Crippen molar-refractivity contribution in [1.29, 1.82) is 0 Å². The molecule has 0 bridgehead atoms. The number of thiophene rings is 1. The summed E-state index contributed by atoms with van der Waals surface area (Å²) >= 11 is 1.42. The van der Waals surface area contributed by atoms with Crippen LogP contribution in [0.3, 0.4) is 0 Å². The van der Waals surface area contributed by atoms with Gasteiger partial charge in [-0.2, -0.15) is 5.10 Å². The predicted octanol–water partition coefficient (Wildman–Crippen LogP) is 2.78. The number of carbonyl (C=O) groups excluding carboxylic acids is 1. The van der Waals surface area contributed by atoms with Crippen LogP contribution in [0.4, 0.5) is 0 Å². The van der Waals surface area contributed by atoms with Crippen LogP contribution in [0.2, 0.25) is 0 Å². The molecular formula is C16H21N3O3S. The van der Waals surface area contributed by atoms with Crippen molar-refractivity contribution in [3.63, 3.8) is 0 Å². The van der Waals surface area contributed by atoms with Crippen LogP contribution in [0.15, 0.2) is 11.4 Å². The van der Waals surface area contributed by atoms with Crippen molar-refractivity contribution in [3.05, 3.63) is 27.6 Å². The maximum Gasteiger partial charge on any atom is 0.268 e. The van der Waals surface area contributed by atoms with E-state index in [-0.39, 0.29) is 11.9 Å². The molecule has 124 valence electrons. The van der Waals surface area contributed by atoms with Crippen molar-refractivity contribution in [1.82, 2.24) is 14.7 Å². The van der Waals surface area contributed by atoms with Crippen molar-refractivity contribution in [2.45, 2.75) is 25.8 Å². The first-order valence-electron chi connectivity index (χ1n) is 7.58. The molecule has 0 unspecified atom stereocenters. The maximum atomic E-state index is 13.0. The molecule has 7 heteroatoms. The molecule has 3 heterocycles. The van der Waals surface area contributed by atoms with Crippen LogP contribution in [-0.2, 0) is 7.05 Å². The first kappa shape index (κ1) is 15.9. The Morgan fingerprint density at radius 2 is 2.17 bits per heavy atom. The van der Waals surface area contributed by atoms with Gasteiger partial charge in [0.25, 0.3) is 5.91 Å². The summed E-state index contributed by atoms with van der Waals surface area (Å²) in [5.41, 5.74) is 1.92. The highest BCUT2D eigenvalue weighted by Gasteiger charge is 2.36. The van der Waals surface area contributed by atoms with Crippen molar-refractivity contribution in [2.75, 3.05) is 20.8 Å². The summed E-state index contributed by atoms with van der Waals surface area (Å²) in [4.78, 5) is 15.5. The molecule has 1 aliphatic heterocycles. The summed E-state index contributed by atoms with van der Waals surface area (Å²) in [6.45, 7) is 2.70. The lowest BCUT2D eigenvalue weighted by Crippen LogP contribution is -2.30. The van der Waals surface area contributed by atoms with Crippen molar-refractivity contribution < 1.29 is 14.3 Å². The van der Waals surface area contributed by atoms with Gasteiger partial charge in [0.1, 0.15) is 10.6 Å². The minimum absolute atomic E-state index is 0.00189. The van der Waals surface area contributed by atoms with E-state index < -0.39 is 0 Å². The number of likely N-dealkylation sites (tertiary alicyclic amines) is 1. The molecule has 6 nitrogen and oxygen atoms in total. The highest BCUT2D eigenvalue weighted by atomic mass is 32.1. The number of nitrogens with zero attached hydrogens (tertiary/aromatic N) is 3. The van der Waals surface area contributed by atoms with Crippen molar-refractivity contribution in [2.24, 2.45) is 7.05 Å². The molecule has 3 rings (SSSR count). The highest BCUT2D eigenvalue weighted by Crippen LogP contribution is 2.40. The van der Waals surface area contributed by atoms with Gasteiger partial charge in [-0.15, -0.1) is 11.3 Å².